The first kappa shape index (κ1) is 15.6. The number of aryl methyl sites for hydroxylation is 3. The van der Waals surface area contributed by atoms with E-state index in [1.165, 1.54) is 5.56 Å². The second-order valence-electron chi connectivity index (χ2n) is 5.20. The Hall–Kier alpha value is -1.74. The minimum atomic E-state index is 0.0715. The van der Waals surface area contributed by atoms with E-state index in [4.69, 9.17) is 16.0 Å². The van der Waals surface area contributed by atoms with Gasteiger partial charge in [-0.2, -0.15) is 0 Å². The summed E-state index contributed by atoms with van der Waals surface area (Å²) >= 11 is 5.84. The van der Waals surface area contributed by atoms with Crippen molar-refractivity contribution in [2.75, 3.05) is 0 Å². The van der Waals surface area contributed by atoms with Crippen molar-refractivity contribution in [3.8, 4) is 0 Å². The van der Waals surface area contributed by atoms with Gasteiger partial charge in [-0.25, -0.2) is 0 Å². The third kappa shape index (κ3) is 4.94. The van der Waals surface area contributed by atoms with Gasteiger partial charge in [0.15, 0.2) is 0 Å². The minimum Gasteiger partial charge on any atom is -0.466 e. The smallest absolute Gasteiger partial charge is 0.220 e. The van der Waals surface area contributed by atoms with Crippen molar-refractivity contribution in [3.05, 3.63) is 58.0 Å². The van der Waals surface area contributed by atoms with Crippen molar-refractivity contribution < 1.29 is 9.21 Å². The van der Waals surface area contributed by atoms with Gasteiger partial charge in [0.2, 0.25) is 5.91 Å². The third-order valence-electron chi connectivity index (χ3n) is 3.40. The lowest BCUT2D eigenvalue weighted by Crippen LogP contribution is -2.22. The Balaban J connectivity index is 1.70. The van der Waals surface area contributed by atoms with Crippen molar-refractivity contribution in [1.82, 2.24) is 5.32 Å². The van der Waals surface area contributed by atoms with Crippen LogP contribution >= 0.6 is 11.6 Å². The number of carbonyl (C=O) groups is 1. The quantitative estimate of drug-likeness (QED) is 0.869. The van der Waals surface area contributed by atoms with E-state index in [0.717, 1.165) is 34.9 Å². The number of hydrogen-bond acceptors (Lipinski definition) is 2. The zero-order valence-electron chi connectivity index (χ0n) is 12.4. The zero-order chi connectivity index (χ0) is 15.2. The van der Waals surface area contributed by atoms with Crippen LogP contribution in [0.5, 0.6) is 0 Å². The second-order valence-corrected chi connectivity index (χ2v) is 5.63. The molecule has 0 saturated carbocycles. The molecular formula is C17H20ClNO2. The molecule has 0 bridgehead atoms. The molecule has 0 atom stereocenters. The maximum atomic E-state index is 11.8. The lowest BCUT2D eigenvalue weighted by atomic mass is 10.1. The molecule has 1 aromatic heterocycles. The van der Waals surface area contributed by atoms with Crippen LogP contribution in [0.25, 0.3) is 0 Å². The molecule has 0 spiro atoms. The zero-order valence-corrected chi connectivity index (χ0v) is 13.2. The van der Waals surface area contributed by atoms with Crippen LogP contribution < -0.4 is 5.32 Å². The van der Waals surface area contributed by atoms with E-state index in [-0.39, 0.29) is 5.91 Å². The van der Waals surface area contributed by atoms with E-state index in [9.17, 15) is 4.79 Å². The molecule has 0 aliphatic carbocycles. The van der Waals surface area contributed by atoms with Crippen LogP contribution in [-0.4, -0.2) is 5.91 Å². The molecule has 0 radical (unpaired) electrons. The average Bonchev–Trinajstić information content (AvgIpc) is 2.77. The van der Waals surface area contributed by atoms with Gasteiger partial charge in [-0.15, -0.1) is 0 Å². The molecular weight excluding hydrogens is 286 g/mol. The summed E-state index contributed by atoms with van der Waals surface area (Å²) in [6.07, 6.45) is 2.24. The maximum absolute atomic E-state index is 11.8. The van der Waals surface area contributed by atoms with E-state index in [2.05, 4.69) is 5.32 Å². The van der Waals surface area contributed by atoms with Gasteiger partial charge in [-0.1, -0.05) is 23.7 Å². The molecule has 0 saturated heterocycles. The Morgan fingerprint density at radius 1 is 1.24 bits per heavy atom. The first-order valence-electron chi connectivity index (χ1n) is 7.11. The predicted octanol–water partition coefficient (Wildman–Crippen LogP) is 4.19. The van der Waals surface area contributed by atoms with Gasteiger partial charge in [-0.05, 0) is 50.5 Å². The van der Waals surface area contributed by atoms with Crippen molar-refractivity contribution in [3.63, 3.8) is 0 Å². The highest BCUT2D eigenvalue weighted by molar-refractivity contribution is 6.30. The topological polar surface area (TPSA) is 42.2 Å². The van der Waals surface area contributed by atoms with Gasteiger partial charge in [0.1, 0.15) is 11.5 Å². The summed E-state index contributed by atoms with van der Waals surface area (Å²) in [6.45, 7) is 4.35. The van der Waals surface area contributed by atoms with Crippen LogP contribution in [0.3, 0.4) is 0 Å². The van der Waals surface area contributed by atoms with Gasteiger partial charge in [-0.3, -0.25) is 4.79 Å². The molecule has 4 heteroatoms. The largest absolute Gasteiger partial charge is 0.466 e. The van der Waals surface area contributed by atoms with Gasteiger partial charge < -0.3 is 9.73 Å². The summed E-state index contributed by atoms with van der Waals surface area (Å²) in [6, 6.07) is 9.71. The van der Waals surface area contributed by atoms with Gasteiger partial charge in [0.25, 0.3) is 0 Å². The van der Waals surface area contributed by atoms with Crippen LogP contribution in [0.2, 0.25) is 5.02 Å². The standard InChI is InChI=1S/C17H20ClNO2/c1-12-10-15(13(2)21-12)11-19-17(20)5-3-4-14-6-8-16(18)9-7-14/h6-10H,3-5,11H2,1-2H3,(H,19,20). The Labute approximate surface area is 130 Å². The highest BCUT2D eigenvalue weighted by Gasteiger charge is 2.07. The van der Waals surface area contributed by atoms with E-state index in [0.29, 0.717) is 13.0 Å². The molecule has 1 aromatic carbocycles. The summed E-state index contributed by atoms with van der Waals surface area (Å²) in [5.74, 6) is 1.82. The van der Waals surface area contributed by atoms with Crippen LogP contribution in [0, 0.1) is 13.8 Å². The van der Waals surface area contributed by atoms with E-state index in [1.807, 2.05) is 44.2 Å². The van der Waals surface area contributed by atoms with Crippen LogP contribution in [0.1, 0.15) is 35.5 Å². The number of amides is 1. The molecule has 2 rings (SSSR count). The number of nitrogens with one attached hydrogen (secondary N) is 1. The molecule has 0 unspecified atom stereocenters. The SMILES string of the molecule is Cc1cc(CNC(=O)CCCc2ccc(Cl)cc2)c(C)o1. The van der Waals surface area contributed by atoms with Gasteiger partial charge in [0, 0.05) is 23.6 Å². The molecule has 1 heterocycles. The normalized spacial score (nSPS) is 10.6. The number of rotatable bonds is 6. The number of furan rings is 1. The molecule has 112 valence electrons. The summed E-state index contributed by atoms with van der Waals surface area (Å²) in [4.78, 5) is 11.8. The Kier molecular flexibility index (Phi) is 5.45. The Morgan fingerprint density at radius 2 is 1.95 bits per heavy atom. The van der Waals surface area contributed by atoms with Crippen molar-refractivity contribution in [1.29, 1.82) is 0 Å². The highest BCUT2D eigenvalue weighted by Crippen LogP contribution is 2.14. The fourth-order valence-electron chi connectivity index (χ4n) is 2.25. The van der Waals surface area contributed by atoms with Crippen LogP contribution in [0.4, 0.5) is 0 Å². The second kappa shape index (κ2) is 7.32. The predicted molar refractivity (Wildman–Crippen MR) is 84.4 cm³/mol. The molecule has 3 nitrogen and oxygen atoms in total. The van der Waals surface area contributed by atoms with Crippen molar-refractivity contribution in [2.45, 2.75) is 39.7 Å². The highest BCUT2D eigenvalue weighted by atomic mass is 35.5. The average molecular weight is 306 g/mol. The van der Waals surface area contributed by atoms with Crippen molar-refractivity contribution in [2.24, 2.45) is 0 Å². The summed E-state index contributed by atoms with van der Waals surface area (Å²) in [5.41, 5.74) is 2.24. The Bertz CT molecular complexity index is 602. The monoisotopic (exact) mass is 305 g/mol. The third-order valence-corrected chi connectivity index (χ3v) is 3.65. The minimum absolute atomic E-state index is 0.0715. The molecule has 2 aromatic rings. The first-order chi connectivity index (χ1) is 10.0. The summed E-state index contributed by atoms with van der Waals surface area (Å²) in [5, 5.41) is 3.67. The molecule has 21 heavy (non-hydrogen) atoms. The van der Waals surface area contributed by atoms with Crippen LogP contribution in [-0.2, 0) is 17.8 Å². The van der Waals surface area contributed by atoms with E-state index >= 15 is 0 Å². The lowest BCUT2D eigenvalue weighted by molar-refractivity contribution is -0.121. The fourth-order valence-corrected chi connectivity index (χ4v) is 2.37. The molecule has 0 fully saturated rings. The number of hydrogen-bond donors (Lipinski definition) is 1. The lowest BCUT2D eigenvalue weighted by Gasteiger charge is -2.05. The molecule has 1 amide bonds. The molecule has 1 N–H and O–H groups in total. The summed E-state index contributed by atoms with van der Waals surface area (Å²) in [7, 11) is 0. The van der Waals surface area contributed by atoms with Gasteiger partial charge in [0.05, 0.1) is 0 Å². The maximum Gasteiger partial charge on any atom is 0.220 e. The van der Waals surface area contributed by atoms with E-state index in [1.54, 1.807) is 0 Å². The van der Waals surface area contributed by atoms with Gasteiger partial charge >= 0.3 is 0 Å². The first-order valence-corrected chi connectivity index (χ1v) is 7.49. The Morgan fingerprint density at radius 3 is 2.57 bits per heavy atom. The number of halogens is 1. The summed E-state index contributed by atoms with van der Waals surface area (Å²) < 4.78 is 5.43. The number of carbonyl (C=O) groups excluding carboxylic acids is 1. The molecule has 0 aliphatic rings. The van der Waals surface area contributed by atoms with Crippen molar-refractivity contribution >= 4 is 17.5 Å². The number of benzene rings is 1. The fraction of sp³-hybridized carbons (Fsp3) is 0.353. The van der Waals surface area contributed by atoms with E-state index < -0.39 is 0 Å². The van der Waals surface area contributed by atoms with Crippen LogP contribution in [0.15, 0.2) is 34.7 Å². The molecule has 0 aliphatic heterocycles.